The summed E-state index contributed by atoms with van der Waals surface area (Å²) < 4.78 is 1.77. The second-order valence-electron chi connectivity index (χ2n) is 4.50. The van der Waals surface area contributed by atoms with Crippen LogP contribution >= 0.6 is 0 Å². The third kappa shape index (κ3) is 2.76. The van der Waals surface area contributed by atoms with Gasteiger partial charge in [-0.2, -0.15) is 5.10 Å². The zero-order valence-electron chi connectivity index (χ0n) is 10.2. The summed E-state index contributed by atoms with van der Waals surface area (Å²) in [6, 6.07) is -0.0914. The number of amides is 2. The minimum atomic E-state index is -0.381. The van der Waals surface area contributed by atoms with Gasteiger partial charge in [-0.15, -0.1) is 0 Å². The van der Waals surface area contributed by atoms with Gasteiger partial charge in [0, 0.05) is 25.4 Å². The summed E-state index contributed by atoms with van der Waals surface area (Å²) in [5, 5.41) is 16.2. The molecule has 0 radical (unpaired) electrons. The van der Waals surface area contributed by atoms with Gasteiger partial charge >= 0.3 is 6.03 Å². The van der Waals surface area contributed by atoms with Crippen molar-refractivity contribution in [1.29, 1.82) is 0 Å². The Morgan fingerprint density at radius 3 is 3.06 bits per heavy atom. The summed E-state index contributed by atoms with van der Waals surface area (Å²) in [5.41, 5.74) is 2.08. The number of nitrogens with zero attached hydrogens (tertiary/aromatic N) is 3. The standard InChI is InChI=1S/C11H18N4O2/c1-8(16)3-4-12-11(17)15-6-9-5-14(2)13-10(9)7-15/h5,8,16H,3-4,6-7H2,1-2H3,(H,12,17)/t8-/m0/s1. The monoisotopic (exact) mass is 238 g/mol. The molecule has 17 heavy (non-hydrogen) atoms. The van der Waals surface area contributed by atoms with Crippen LogP contribution in [-0.4, -0.2) is 38.5 Å². The van der Waals surface area contributed by atoms with E-state index in [2.05, 4.69) is 10.4 Å². The Hall–Kier alpha value is -1.56. The molecule has 0 saturated heterocycles. The zero-order chi connectivity index (χ0) is 12.4. The van der Waals surface area contributed by atoms with Gasteiger partial charge in [-0.25, -0.2) is 4.79 Å². The zero-order valence-corrected chi connectivity index (χ0v) is 10.2. The largest absolute Gasteiger partial charge is 0.393 e. The first kappa shape index (κ1) is 11.9. The highest BCUT2D eigenvalue weighted by molar-refractivity contribution is 5.74. The summed E-state index contributed by atoms with van der Waals surface area (Å²) >= 11 is 0. The number of carbonyl (C=O) groups excluding carboxylic acids is 1. The van der Waals surface area contributed by atoms with Crippen molar-refractivity contribution in [1.82, 2.24) is 20.0 Å². The Morgan fingerprint density at radius 1 is 1.65 bits per heavy atom. The molecule has 1 aromatic heterocycles. The highest BCUT2D eigenvalue weighted by Gasteiger charge is 2.25. The minimum Gasteiger partial charge on any atom is -0.393 e. The molecule has 2 amide bonds. The molecule has 1 aliphatic rings. The normalized spacial score (nSPS) is 15.8. The molecule has 94 valence electrons. The number of hydrogen-bond donors (Lipinski definition) is 2. The highest BCUT2D eigenvalue weighted by Crippen LogP contribution is 2.20. The summed E-state index contributed by atoms with van der Waals surface area (Å²) in [7, 11) is 1.88. The molecule has 0 fully saturated rings. The van der Waals surface area contributed by atoms with Crippen molar-refractivity contribution in [2.24, 2.45) is 7.05 Å². The van der Waals surface area contributed by atoms with E-state index < -0.39 is 0 Å². The van der Waals surface area contributed by atoms with Crippen molar-refractivity contribution in [3.8, 4) is 0 Å². The number of fused-ring (bicyclic) bond motifs is 1. The van der Waals surface area contributed by atoms with E-state index in [0.29, 0.717) is 26.1 Å². The van der Waals surface area contributed by atoms with E-state index in [0.717, 1.165) is 11.3 Å². The maximum atomic E-state index is 11.8. The Kier molecular flexibility index (Phi) is 3.33. The smallest absolute Gasteiger partial charge is 0.318 e. The SMILES string of the molecule is C[C@H](O)CCNC(=O)N1Cc2cn(C)nc2C1. The van der Waals surface area contributed by atoms with E-state index in [-0.39, 0.29) is 12.1 Å². The van der Waals surface area contributed by atoms with Gasteiger partial charge in [0.2, 0.25) is 0 Å². The molecule has 0 aromatic carbocycles. The topological polar surface area (TPSA) is 70.4 Å². The van der Waals surface area contributed by atoms with Crippen molar-refractivity contribution >= 4 is 6.03 Å². The molecule has 0 saturated carbocycles. The molecule has 1 aliphatic heterocycles. The first-order valence-corrected chi connectivity index (χ1v) is 5.78. The number of rotatable bonds is 3. The number of aliphatic hydroxyl groups is 1. The molecular weight excluding hydrogens is 220 g/mol. The van der Waals surface area contributed by atoms with Gasteiger partial charge in [0.15, 0.2) is 0 Å². The average molecular weight is 238 g/mol. The van der Waals surface area contributed by atoms with Crippen molar-refractivity contribution in [3.05, 3.63) is 17.5 Å². The summed E-state index contributed by atoms with van der Waals surface area (Å²) in [4.78, 5) is 13.5. The van der Waals surface area contributed by atoms with Crippen molar-refractivity contribution < 1.29 is 9.90 Å². The second-order valence-corrected chi connectivity index (χ2v) is 4.50. The molecule has 2 rings (SSSR count). The number of aryl methyl sites for hydroxylation is 1. The lowest BCUT2D eigenvalue weighted by Gasteiger charge is -2.16. The maximum absolute atomic E-state index is 11.8. The predicted molar refractivity (Wildman–Crippen MR) is 62.2 cm³/mol. The van der Waals surface area contributed by atoms with Gasteiger partial charge in [-0.3, -0.25) is 4.68 Å². The third-order valence-electron chi connectivity index (χ3n) is 2.82. The van der Waals surface area contributed by atoms with Crippen molar-refractivity contribution in [2.45, 2.75) is 32.5 Å². The van der Waals surface area contributed by atoms with Gasteiger partial charge < -0.3 is 15.3 Å². The van der Waals surface area contributed by atoms with Crippen LogP contribution in [0.25, 0.3) is 0 Å². The number of carbonyl (C=O) groups is 1. The number of aliphatic hydroxyl groups excluding tert-OH is 1. The lowest BCUT2D eigenvalue weighted by Crippen LogP contribution is -2.37. The van der Waals surface area contributed by atoms with Crippen LogP contribution in [0.3, 0.4) is 0 Å². The molecule has 0 bridgehead atoms. The van der Waals surface area contributed by atoms with Crippen LogP contribution in [0.1, 0.15) is 24.6 Å². The molecular formula is C11H18N4O2. The fraction of sp³-hybridized carbons (Fsp3) is 0.636. The van der Waals surface area contributed by atoms with E-state index in [9.17, 15) is 4.79 Å². The molecule has 2 heterocycles. The number of hydrogen-bond acceptors (Lipinski definition) is 3. The Labute approximate surface area is 100 Å². The van der Waals surface area contributed by atoms with Crippen LogP contribution in [0, 0.1) is 0 Å². The molecule has 2 N–H and O–H groups in total. The minimum absolute atomic E-state index is 0.0914. The fourth-order valence-corrected chi connectivity index (χ4v) is 1.93. The maximum Gasteiger partial charge on any atom is 0.318 e. The van der Waals surface area contributed by atoms with Crippen LogP contribution in [0.5, 0.6) is 0 Å². The fourth-order valence-electron chi connectivity index (χ4n) is 1.93. The Morgan fingerprint density at radius 2 is 2.41 bits per heavy atom. The number of urea groups is 1. The Balaban J connectivity index is 1.81. The highest BCUT2D eigenvalue weighted by atomic mass is 16.3. The number of aromatic nitrogens is 2. The van der Waals surface area contributed by atoms with E-state index in [1.165, 1.54) is 0 Å². The van der Waals surface area contributed by atoms with Gasteiger partial charge in [0.25, 0.3) is 0 Å². The molecule has 0 unspecified atom stereocenters. The lowest BCUT2D eigenvalue weighted by molar-refractivity contribution is 0.176. The first-order valence-electron chi connectivity index (χ1n) is 5.78. The Bertz CT molecular complexity index is 390. The molecule has 1 atom stereocenters. The van der Waals surface area contributed by atoms with E-state index in [1.807, 2.05) is 13.2 Å². The van der Waals surface area contributed by atoms with E-state index in [4.69, 9.17) is 5.11 Å². The van der Waals surface area contributed by atoms with Crippen molar-refractivity contribution in [3.63, 3.8) is 0 Å². The van der Waals surface area contributed by atoms with Crippen LogP contribution in [0.2, 0.25) is 0 Å². The molecule has 6 nitrogen and oxygen atoms in total. The van der Waals surface area contributed by atoms with Gasteiger partial charge in [-0.05, 0) is 13.3 Å². The predicted octanol–water partition coefficient (Wildman–Crippen LogP) is 0.216. The van der Waals surface area contributed by atoms with Gasteiger partial charge in [0.05, 0.1) is 24.9 Å². The quantitative estimate of drug-likeness (QED) is 0.791. The summed E-state index contributed by atoms with van der Waals surface area (Å²) in [5.74, 6) is 0. The second kappa shape index (κ2) is 4.75. The van der Waals surface area contributed by atoms with Gasteiger partial charge in [0.1, 0.15) is 0 Å². The molecule has 6 heteroatoms. The van der Waals surface area contributed by atoms with Crippen LogP contribution in [0.15, 0.2) is 6.20 Å². The summed E-state index contributed by atoms with van der Waals surface area (Å²) in [6.07, 6.45) is 2.14. The lowest BCUT2D eigenvalue weighted by atomic mass is 10.3. The van der Waals surface area contributed by atoms with E-state index in [1.54, 1.807) is 16.5 Å². The van der Waals surface area contributed by atoms with E-state index >= 15 is 0 Å². The van der Waals surface area contributed by atoms with Gasteiger partial charge in [-0.1, -0.05) is 0 Å². The number of nitrogens with one attached hydrogen (secondary N) is 1. The third-order valence-corrected chi connectivity index (χ3v) is 2.82. The molecule has 0 aliphatic carbocycles. The first-order chi connectivity index (χ1) is 8.06. The molecule has 1 aromatic rings. The van der Waals surface area contributed by atoms with Crippen molar-refractivity contribution in [2.75, 3.05) is 6.54 Å². The summed E-state index contributed by atoms with van der Waals surface area (Å²) in [6.45, 7) is 3.39. The van der Waals surface area contributed by atoms with Crippen LogP contribution in [0.4, 0.5) is 4.79 Å². The molecule has 0 spiro atoms. The average Bonchev–Trinajstić information content (AvgIpc) is 2.73. The van der Waals surface area contributed by atoms with Crippen LogP contribution in [-0.2, 0) is 20.1 Å². The van der Waals surface area contributed by atoms with Crippen LogP contribution < -0.4 is 5.32 Å².